The smallest absolute Gasteiger partial charge is 0.0541 e. The van der Waals surface area contributed by atoms with Crippen LogP contribution in [0, 0.1) is 0 Å². The van der Waals surface area contributed by atoms with E-state index < -0.39 is 0 Å². The first kappa shape index (κ1) is 23.0. The standard InChI is InChI=1S/C39H29N/c1-3-11-33-31(9-1)32-10-2-4-12-34(32)35(33)26-19-27-17-20-28(21-18-27)29-22-24-30(25-23-29)40-38-15-7-5-13-36(38)37-14-6-8-16-39(37)40/h1-18,20-25,35H,19,26H2. The summed E-state index contributed by atoms with van der Waals surface area (Å²) in [5.74, 6) is 0.473. The molecular formula is C39H29N. The third-order valence-corrected chi connectivity index (χ3v) is 8.68. The summed E-state index contributed by atoms with van der Waals surface area (Å²) in [7, 11) is 0. The molecular weight excluding hydrogens is 482 g/mol. The Bertz CT molecular complexity index is 1890. The van der Waals surface area contributed by atoms with E-state index in [1.807, 2.05) is 0 Å². The fourth-order valence-corrected chi connectivity index (χ4v) is 6.75. The van der Waals surface area contributed by atoms with E-state index in [-0.39, 0.29) is 0 Å². The molecule has 0 saturated heterocycles. The van der Waals surface area contributed by atoms with Crippen LogP contribution in [0.3, 0.4) is 0 Å². The molecule has 0 N–H and O–H groups in total. The van der Waals surface area contributed by atoms with E-state index in [2.05, 4.69) is 150 Å². The molecule has 0 bridgehead atoms. The predicted molar refractivity (Wildman–Crippen MR) is 168 cm³/mol. The van der Waals surface area contributed by atoms with Gasteiger partial charge in [0.15, 0.2) is 0 Å². The molecule has 0 saturated carbocycles. The van der Waals surface area contributed by atoms with Crippen LogP contribution in [0.2, 0.25) is 0 Å². The molecule has 0 spiro atoms. The second-order valence-corrected chi connectivity index (χ2v) is 10.9. The fourth-order valence-electron chi connectivity index (χ4n) is 6.75. The van der Waals surface area contributed by atoms with Crippen LogP contribution in [0.15, 0.2) is 146 Å². The minimum atomic E-state index is 0.473. The van der Waals surface area contributed by atoms with Crippen molar-refractivity contribution in [2.24, 2.45) is 0 Å². The molecule has 1 aromatic heterocycles. The summed E-state index contributed by atoms with van der Waals surface area (Å²) < 4.78 is 2.37. The Hall–Kier alpha value is -4.88. The number of hydrogen-bond acceptors (Lipinski definition) is 0. The molecule has 0 unspecified atom stereocenters. The van der Waals surface area contributed by atoms with E-state index in [1.165, 1.54) is 66.4 Å². The molecule has 190 valence electrons. The Morgan fingerprint density at radius 2 is 0.925 bits per heavy atom. The number of hydrogen-bond donors (Lipinski definition) is 0. The number of nitrogens with zero attached hydrogens (tertiary/aromatic N) is 1. The van der Waals surface area contributed by atoms with Gasteiger partial charge in [-0.25, -0.2) is 0 Å². The highest BCUT2D eigenvalue weighted by Crippen LogP contribution is 2.46. The van der Waals surface area contributed by atoms with E-state index in [0.717, 1.165) is 12.8 Å². The van der Waals surface area contributed by atoms with Crippen LogP contribution in [-0.4, -0.2) is 4.57 Å². The first-order valence-corrected chi connectivity index (χ1v) is 14.2. The van der Waals surface area contributed by atoms with Gasteiger partial charge in [-0.1, -0.05) is 121 Å². The number of fused-ring (bicyclic) bond motifs is 6. The van der Waals surface area contributed by atoms with Gasteiger partial charge in [0.2, 0.25) is 0 Å². The second kappa shape index (κ2) is 9.39. The third kappa shape index (κ3) is 3.70. The van der Waals surface area contributed by atoms with Crippen LogP contribution in [0.1, 0.15) is 29.0 Å². The van der Waals surface area contributed by atoms with Crippen molar-refractivity contribution in [2.45, 2.75) is 18.8 Å². The quantitative estimate of drug-likeness (QED) is 0.217. The van der Waals surface area contributed by atoms with Gasteiger partial charge in [0, 0.05) is 22.4 Å². The summed E-state index contributed by atoms with van der Waals surface area (Å²) in [6.07, 6.45) is 2.20. The lowest BCUT2D eigenvalue weighted by Crippen LogP contribution is -1.99. The maximum absolute atomic E-state index is 2.37. The van der Waals surface area contributed by atoms with Gasteiger partial charge in [0.05, 0.1) is 11.0 Å². The molecule has 7 aromatic rings. The van der Waals surface area contributed by atoms with Crippen molar-refractivity contribution >= 4 is 21.8 Å². The van der Waals surface area contributed by atoms with Crippen molar-refractivity contribution in [3.8, 4) is 27.9 Å². The fraction of sp³-hybridized carbons (Fsp3) is 0.0769. The van der Waals surface area contributed by atoms with Gasteiger partial charge >= 0.3 is 0 Å². The largest absolute Gasteiger partial charge is 0.309 e. The zero-order chi connectivity index (χ0) is 26.5. The van der Waals surface area contributed by atoms with E-state index in [9.17, 15) is 0 Å². The van der Waals surface area contributed by atoms with Gasteiger partial charge in [0.1, 0.15) is 0 Å². The number of benzene rings is 6. The van der Waals surface area contributed by atoms with E-state index in [1.54, 1.807) is 0 Å². The number of rotatable bonds is 5. The SMILES string of the molecule is c1ccc2c(c1)-c1ccccc1C2CCc1ccc(-c2ccc(-n3c4ccccc4c4ccccc43)cc2)cc1. The summed E-state index contributed by atoms with van der Waals surface area (Å²) in [5.41, 5.74) is 13.3. The number of aryl methyl sites for hydroxylation is 1. The van der Waals surface area contributed by atoms with Gasteiger partial charge in [-0.15, -0.1) is 0 Å². The first-order chi connectivity index (χ1) is 19.8. The highest BCUT2D eigenvalue weighted by Gasteiger charge is 2.27. The van der Waals surface area contributed by atoms with Crippen LogP contribution < -0.4 is 0 Å². The van der Waals surface area contributed by atoms with Gasteiger partial charge in [-0.3, -0.25) is 0 Å². The Labute approximate surface area is 235 Å². The van der Waals surface area contributed by atoms with Gasteiger partial charge in [-0.2, -0.15) is 0 Å². The Kier molecular flexibility index (Phi) is 5.41. The van der Waals surface area contributed by atoms with Crippen LogP contribution >= 0.6 is 0 Å². The van der Waals surface area contributed by atoms with Gasteiger partial charge in [0.25, 0.3) is 0 Å². The van der Waals surface area contributed by atoms with E-state index in [0.29, 0.717) is 5.92 Å². The molecule has 1 aliphatic carbocycles. The maximum Gasteiger partial charge on any atom is 0.0541 e. The van der Waals surface area contributed by atoms with E-state index in [4.69, 9.17) is 0 Å². The minimum Gasteiger partial charge on any atom is -0.309 e. The average Bonchev–Trinajstić information content (AvgIpc) is 3.53. The molecule has 0 fully saturated rings. The van der Waals surface area contributed by atoms with Crippen molar-refractivity contribution in [1.82, 2.24) is 4.57 Å². The topological polar surface area (TPSA) is 4.93 Å². The molecule has 0 amide bonds. The highest BCUT2D eigenvalue weighted by atomic mass is 15.0. The summed E-state index contributed by atoms with van der Waals surface area (Å²) in [5, 5.41) is 2.59. The van der Waals surface area contributed by atoms with Crippen LogP contribution in [0.25, 0.3) is 49.7 Å². The van der Waals surface area contributed by atoms with Crippen LogP contribution in [-0.2, 0) is 6.42 Å². The number of aromatic nitrogens is 1. The lowest BCUT2D eigenvalue weighted by Gasteiger charge is -2.14. The van der Waals surface area contributed by atoms with Crippen LogP contribution in [0.5, 0.6) is 0 Å². The van der Waals surface area contributed by atoms with Gasteiger partial charge < -0.3 is 4.57 Å². The van der Waals surface area contributed by atoms with E-state index >= 15 is 0 Å². The zero-order valence-corrected chi connectivity index (χ0v) is 22.3. The monoisotopic (exact) mass is 511 g/mol. The molecule has 1 heterocycles. The Morgan fingerprint density at radius 3 is 1.50 bits per heavy atom. The average molecular weight is 512 g/mol. The summed E-state index contributed by atoms with van der Waals surface area (Å²) in [4.78, 5) is 0. The summed E-state index contributed by atoms with van der Waals surface area (Å²) in [6.45, 7) is 0. The molecule has 0 radical (unpaired) electrons. The molecule has 0 atom stereocenters. The molecule has 1 heteroatoms. The molecule has 0 aliphatic heterocycles. The zero-order valence-electron chi connectivity index (χ0n) is 22.3. The molecule has 1 aliphatic rings. The normalized spacial score (nSPS) is 12.6. The first-order valence-electron chi connectivity index (χ1n) is 14.2. The lowest BCUT2D eigenvalue weighted by atomic mass is 9.90. The van der Waals surface area contributed by atoms with Crippen molar-refractivity contribution in [3.05, 3.63) is 162 Å². The lowest BCUT2D eigenvalue weighted by molar-refractivity contribution is 0.729. The van der Waals surface area contributed by atoms with Crippen molar-refractivity contribution in [2.75, 3.05) is 0 Å². The Morgan fingerprint density at radius 1 is 0.450 bits per heavy atom. The summed E-state index contributed by atoms with van der Waals surface area (Å²) in [6, 6.07) is 53.4. The van der Waals surface area contributed by atoms with Crippen molar-refractivity contribution in [3.63, 3.8) is 0 Å². The second-order valence-electron chi connectivity index (χ2n) is 10.9. The third-order valence-electron chi connectivity index (χ3n) is 8.68. The van der Waals surface area contributed by atoms with Gasteiger partial charge in [-0.05, 0) is 76.1 Å². The molecule has 40 heavy (non-hydrogen) atoms. The highest BCUT2D eigenvalue weighted by molar-refractivity contribution is 6.09. The van der Waals surface area contributed by atoms with Crippen molar-refractivity contribution < 1.29 is 0 Å². The molecule has 1 nitrogen and oxygen atoms in total. The molecule has 6 aromatic carbocycles. The van der Waals surface area contributed by atoms with Crippen LogP contribution in [0.4, 0.5) is 0 Å². The van der Waals surface area contributed by atoms with Crippen molar-refractivity contribution in [1.29, 1.82) is 0 Å². The predicted octanol–water partition coefficient (Wildman–Crippen LogP) is 10.2. The maximum atomic E-state index is 2.37. The minimum absolute atomic E-state index is 0.473. The molecule has 8 rings (SSSR count). The Balaban J connectivity index is 1.04. The summed E-state index contributed by atoms with van der Waals surface area (Å²) >= 11 is 0. The number of para-hydroxylation sites is 2.